The van der Waals surface area contributed by atoms with Crippen LogP contribution in [0, 0.1) is 5.82 Å². The van der Waals surface area contributed by atoms with E-state index >= 15 is 0 Å². The average Bonchev–Trinajstić information content (AvgIpc) is 2.44. The van der Waals surface area contributed by atoms with Crippen LogP contribution in [0.3, 0.4) is 0 Å². The fourth-order valence-electron chi connectivity index (χ4n) is 2.71. The first-order valence-corrected chi connectivity index (χ1v) is 7.49. The Labute approximate surface area is 122 Å². The lowest BCUT2D eigenvalue weighted by Crippen LogP contribution is -2.51. The molecule has 5 heteroatoms. The Morgan fingerprint density at radius 3 is 2.68 bits per heavy atom. The van der Waals surface area contributed by atoms with Gasteiger partial charge in [-0.3, -0.25) is 4.90 Å². The van der Waals surface area contributed by atoms with Gasteiger partial charge in [-0.15, -0.1) is 0 Å². The maximum absolute atomic E-state index is 14.0. The summed E-state index contributed by atoms with van der Waals surface area (Å²) in [6.45, 7) is 6.18. The van der Waals surface area contributed by atoms with Crippen molar-refractivity contribution < 1.29 is 4.39 Å². The molecule has 2 N–H and O–H groups in total. The molecule has 0 aromatic heterocycles. The van der Waals surface area contributed by atoms with Gasteiger partial charge in [0.05, 0.1) is 6.04 Å². The van der Waals surface area contributed by atoms with Crippen LogP contribution in [0.15, 0.2) is 22.7 Å². The first-order chi connectivity index (χ1) is 9.13. The van der Waals surface area contributed by atoms with Crippen LogP contribution in [-0.4, -0.2) is 44.2 Å². The van der Waals surface area contributed by atoms with Crippen molar-refractivity contribution in [3.05, 3.63) is 34.1 Å². The third-order valence-electron chi connectivity index (χ3n) is 3.81. The third kappa shape index (κ3) is 3.54. The van der Waals surface area contributed by atoms with Crippen molar-refractivity contribution in [3.63, 3.8) is 0 Å². The summed E-state index contributed by atoms with van der Waals surface area (Å²) in [5.41, 5.74) is 0.725. The first-order valence-electron chi connectivity index (χ1n) is 6.70. The number of hydrogen-bond acceptors (Lipinski definition) is 3. The van der Waals surface area contributed by atoms with Crippen molar-refractivity contribution in [1.29, 1.82) is 0 Å². The molecule has 0 bridgehead atoms. The van der Waals surface area contributed by atoms with E-state index in [9.17, 15) is 4.39 Å². The third-order valence-corrected chi connectivity index (χ3v) is 4.31. The summed E-state index contributed by atoms with van der Waals surface area (Å²) >= 11 is 3.42. The molecule has 3 nitrogen and oxygen atoms in total. The number of nitrogens with one attached hydrogen (secondary N) is 2. The zero-order chi connectivity index (χ0) is 13.8. The number of rotatable bonds is 4. The summed E-state index contributed by atoms with van der Waals surface area (Å²) in [4.78, 5) is 2.40. The molecule has 0 saturated carbocycles. The maximum atomic E-state index is 14.0. The molecular weight excluding hydrogens is 309 g/mol. The molecule has 1 aliphatic heterocycles. The molecular formula is C14H21BrFN3. The Morgan fingerprint density at radius 1 is 1.37 bits per heavy atom. The van der Waals surface area contributed by atoms with Gasteiger partial charge in [-0.25, -0.2) is 4.39 Å². The molecule has 19 heavy (non-hydrogen) atoms. The lowest BCUT2D eigenvalue weighted by Gasteiger charge is -2.37. The van der Waals surface area contributed by atoms with Crippen LogP contribution >= 0.6 is 15.9 Å². The van der Waals surface area contributed by atoms with E-state index in [1.165, 1.54) is 6.07 Å². The van der Waals surface area contributed by atoms with Gasteiger partial charge < -0.3 is 10.6 Å². The molecule has 1 fully saturated rings. The minimum Gasteiger partial charge on any atom is -0.314 e. The van der Waals surface area contributed by atoms with E-state index in [2.05, 4.69) is 38.4 Å². The normalized spacial score (nSPS) is 20.2. The molecule has 1 saturated heterocycles. The van der Waals surface area contributed by atoms with Crippen LogP contribution < -0.4 is 10.6 Å². The highest BCUT2D eigenvalue weighted by molar-refractivity contribution is 9.10. The number of likely N-dealkylation sites (N-methyl/N-ethyl adjacent to an activating group) is 1. The van der Waals surface area contributed by atoms with Gasteiger partial charge in [-0.05, 0) is 32.2 Å². The highest BCUT2D eigenvalue weighted by Gasteiger charge is 2.26. The SMILES string of the molecule is CNC(c1cc(Br)ccc1F)C(C)N1CCNCC1. The topological polar surface area (TPSA) is 27.3 Å². The number of benzene rings is 1. The molecule has 0 aliphatic carbocycles. The Morgan fingerprint density at radius 2 is 2.05 bits per heavy atom. The Bertz CT molecular complexity index is 421. The van der Waals surface area contributed by atoms with Gasteiger partial charge in [-0.2, -0.15) is 0 Å². The van der Waals surface area contributed by atoms with Crippen molar-refractivity contribution in [2.75, 3.05) is 33.2 Å². The van der Waals surface area contributed by atoms with E-state index in [0.717, 1.165) is 36.2 Å². The van der Waals surface area contributed by atoms with Gasteiger partial charge in [0.25, 0.3) is 0 Å². The second-order valence-electron chi connectivity index (χ2n) is 4.96. The molecule has 2 unspecified atom stereocenters. The molecule has 1 aromatic rings. The Hall–Kier alpha value is -0.490. The van der Waals surface area contributed by atoms with Crippen molar-refractivity contribution in [2.45, 2.75) is 19.0 Å². The molecule has 106 valence electrons. The number of hydrogen-bond donors (Lipinski definition) is 2. The van der Waals surface area contributed by atoms with Crippen molar-refractivity contribution in [3.8, 4) is 0 Å². The summed E-state index contributed by atoms with van der Waals surface area (Å²) in [5, 5.41) is 6.60. The predicted molar refractivity (Wildman–Crippen MR) is 79.8 cm³/mol. The summed E-state index contributed by atoms with van der Waals surface area (Å²) < 4.78 is 15.0. The minimum absolute atomic E-state index is 0.00407. The first kappa shape index (κ1) is 14.9. The van der Waals surface area contributed by atoms with Crippen molar-refractivity contribution in [2.24, 2.45) is 0 Å². The fourth-order valence-corrected chi connectivity index (χ4v) is 3.09. The van der Waals surface area contributed by atoms with Crippen LogP contribution in [0.4, 0.5) is 4.39 Å². The largest absolute Gasteiger partial charge is 0.314 e. The lowest BCUT2D eigenvalue weighted by atomic mass is 9.98. The van der Waals surface area contributed by atoms with E-state index in [1.54, 1.807) is 6.07 Å². The van der Waals surface area contributed by atoms with E-state index in [0.29, 0.717) is 0 Å². The molecule has 0 radical (unpaired) electrons. The number of nitrogens with zero attached hydrogens (tertiary/aromatic N) is 1. The summed E-state index contributed by atoms with van der Waals surface area (Å²) in [6, 6.07) is 5.39. The van der Waals surface area contributed by atoms with E-state index in [4.69, 9.17) is 0 Å². The highest BCUT2D eigenvalue weighted by Crippen LogP contribution is 2.26. The Kier molecular flexibility index (Phi) is 5.33. The van der Waals surface area contributed by atoms with E-state index < -0.39 is 0 Å². The highest BCUT2D eigenvalue weighted by atomic mass is 79.9. The molecule has 2 atom stereocenters. The van der Waals surface area contributed by atoms with Gasteiger partial charge in [-0.1, -0.05) is 15.9 Å². The average molecular weight is 330 g/mol. The fraction of sp³-hybridized carbons (Fsp3) is 0.571. The zero-order valence-corrected chi connectivity index (χ0v) is 13.0. The van der Waals surface area contributed by atoms with Gasteiger partial charge in [0.15, 0.2) is 0 Å². The van der Waals surface area contributed by atoms with Crippen LogP contribution in [0.2, 0.25) is 0 Å². The standard InChI is InChI=1S/C14H21BrFN3/c1-10(19-7-5-18-6-8-19)14(17-2)12-9-11(15)3-4-13(12)16/h3-4,9-10,14,17-18H,5-8H2,1-2H3. The molecule has 1 heterocycles. The second-order valence-corrected chi connectivity index (χ2v) is 5.87. The van der Waals surface area contributed by atoms with Gasteiger partial charge in [0, 0.05) is 42.3 Å². The van der Waals surface area contributed by atoms with Crippen LogP contribution in [0.1, 0.15) is 18.5 Å². The van der Waals surface area contributed by atoms with Crippen molar-refractivity contribution >= 4 is 15.9 Å². The minimum atomic E-state index is -0.149. The maximum Gasteiger partial charge on any atom is 0.128 e. The lowest BCUT2D eigenvalue weighted by molar-refractivity contribution is 0.152. The van der Waals surface area contributed by atoms with Crippen molar-refractivity contribution in [1.82, 2.24) is 15.5 Å². The molecule has 1 aliphatic rings. The molecule has 2 rings (SSSR count). The molecule has 0 spiro atoms. The number of piperazine rings is 1. The monoisotopic (exact) mass is 329 g/mol. The van der Waals surface area contributed by atoms with E-state index in [-0.39, 0.29) is 17.9 Å². The quantitative estimate of drug-likeness (QED) is 0.886. The van der Waals surface area contributed by atoms with Crippen LogP contribution in [0.25, 0.3) is 0 Å². The summed E-state index contributed by atoms with van der Waals surface area (Å²) in [7, 11) is 1.89. The molecule has 0 amide bonds. The second kappa shape index (κ2) is 6.79. The summed E-state index contributed by atoms with van der Waals surface area (Å²) in [6.07, 6.45) is 0. The van der Waals surface area contributed by atoms with E-state index in [1.807, 2.05) is 13.1 Å². The molecule has 1 aromatic carbocycles. The Balaban J connectivity index is 2.20. The predicted octanol–water partition coefficient (Wildman–Crippen LogP) is 2.14. The zero-order valence-electron chi connectivity index (χ0n) is 11.4. The van der Waals surface area contributed by atoms with Crippen LogP contribution in [0.5, 0.6) is 0 Å². The number of halogens is 2. The smallest absolute Gasteiger partial charge is 0.128 e. The van der Waals surface area contributed by atoms with Gasteiger partial charge in [0.1, 0.15) is 5.82 Å². The van der Waals surface area contributed by atoms with Gasteiger partial charge >= 0.3 is 0 Å². The van der Waals surface area contributed by atoms with Gasteiger partial charge in [0.2, 0.25) is 0 Å². The summed E-state index contributed by atoms with van der Waals surface area (Å²) in [5.74, 6) is -0.149. The van der Waals surface area contributed by atoms with Crippen LogP contribution in [-0.2, 0) is 0 Å².